The first kappa shape index (κ1) is 23.7. The quantitative estimate of drug-likeness (QED) is 0.598. The molecule has 0 radical (unpaired) electrons. The zero-order valence-corrected chi connectivity index (χ0v) is 18.9. The minimum Gasteiger partial charge on any atom is -0.467 e. The van der Waals surface area contributed by atoms with Crippen molar-refractivity contribution in [2.75, 3.05) is 26.7 Å². The van der Waals surface area contributed by atoms with Gasteiger partial charge in [-0.05, 0) is 44.0 Å². The molecule has 1 N–H and O–H groups in total. The van der Waals surface area contributed by atoms with E-state index in [-0.39, 0.29) is 54.6 Å². The number of carbonyl (C=O) groups is 3. The van der Waals surface area contributed by atoms with E-state index in [1.54, 1.807) is 19.2 Å². The average molecular weight is 462 g/mol. The number of nitrogens with one attached hydrogen (secondary N) is 1. The minimum atomic E-state index is -3.70. The average Bonchev–Trinajstić information content (AvgIpc) is 3.31. The van der Waals surface area contributed by atoms with Crippen molar-refractivity contribution in [1.82, 2.24) is 14.5 Å². The van der Waals surface area contributed by atoms with Gasteiger partial charge in [0.15, 0.2) is 5.78 Å². The number of benzene rings is 1. The summed E-state index contributed by atoms with van der Waals surface area (Å²) in [5.41, 5.74) is 0.449. The Morgan fingerprint density at radius 1 is 1.12 bits per heavy atom. The maximum absolute atomic E-state index is 12.9. The number of furan rings is 1. The summed E-state index contributed by atoms with van der Waals surface area (Å²) in [5, 5.41) is 2.69. The van der Waals surface area contributed by atoms with Crippen molar-refractivity contribution in [3.05, 3.63) is 54.0 Å². The molecule has 1 aromatic carbocycles. The van der Waals surface area contributed by atoms with Crippen LogP contribution in [0.2, 0.25) is 0 Å². The lowest BCUT2D eigenvalue weighted by Crippen LogP contribution is -2.45. The van der Waals surface area contributed by atoms with Gasteiger partial charge in [0.05, 0.1) is 24.2 Å². The van der Waals surface area contributed by atoms with Crippen molar-refractivity contribution in [1.29, 1.82) is 0 Å². The number of hydrogen-bond donors (Lipinski definition) is 1. The van der Waals surface area contributed by atoms with Crippen LogP contribution in [-0.4, -0.2) is 61.9 Å². The Labute approximate surface area is 187 Å². The molecule has 2 heterocycles. The second-order valence-corrected chi connectivity index (χ2v) is 9.75. The van der Waals surface area contributed by atoms with E-state index in [4.69, 9.17) is 4.42 Å². The molecule has 3 rings (SSSR count). The van der Waals surface area contributed by atoms with Crippen molar-refractivity contribution in [3.63, 3.8) is 0 Å². The number of nitrogens with zero attached hydrogens (tertiary/aromatic N) is 2. The van der Waals surface area contributed by atoms with E-state index in [1.165, 1.54) is 46.7 Å². The molecule has 0 aliphatic carbocycles. The zero-order chi connectivity index (χ0) is 23.3. The van der Waals surface area contributed by atoms with E-state index < -0.39 is 10.0 Å². The third-order valence-corrected chi connectivity index (χ3v) is 7.41. The van der Waals surface area contributed by atoms with Crippen molar-refractivity contribution in [3.8, 4) is 0 Å². The molecular formula is C22H27N3O6S. The molecule has 9 nitrogen and oxygen atoms in total. The van der Waals surface area contributed by atoms with E-state index in [0.717, 1.165) is 0 Å². The predicted molar refractivity (Wildman–Crippen MR) is 116 cm³/mol. The summed E-state index contributed by atoms with van der Waals surface area (Å²) in [6, 6.07) is 9.32. The van der Waals surface area contributed by atoms with Gasteiger partial charge in [-0.1, -0.05) is 12.1 Å². The highest BCUT2D eigenvalue weighted by atomic mass is 32.2. The number of carbonyl (C=O) groups excluding carboxylic acids is 3. The van der Waals surface area contributed by atoms with Crippen LogP contribution in [0, 0.1) is 5.92 Å². The maximum atomic E-state index is 12.9. The zero-order valence-electron chi connectivity index (χ0n) is 18.1. The monoisotopic (exact) mass is 461 g/mol. The van der Waals surface area contributed by atoms with Gasteiger partial charge in [0, 0.05) is 31.6 Å². The lowest BCUT2D eigenvalue weighted by atomic mass is 9.96. The lowest BCUT2D eigenvalue weighted by Gasteiger charge is -2.32. The fraction of sp³-hybridized carbons (Fsp3) is 0.409. The van der Waals surface area contributed by atoms with E-state index in [0.29, 0.717) is 24.2 Å². The molecule has 1 aliphatic heterocycles. The van der Waals surface area contributed by atoms with Gasteiger partial charge in [-0.2, -0.15) is 4.31 Å². The minimum absolute atomic E-state index is 0.0828. The van der Waals surface area contributed by atoms with E-state index in [2.05, 4.69) is 5.32 Å². The molecule has 172 valence electrons. The van der Waals surface area contributed by atoms with Gasteiger partial charge in [-0.25, -0.2) is 8.42 Å². The van der Waals surface area contributed by atoms with Gasteiger partial charge >= 0.3 is 0 Å². The molecule has 0 spiro atoms. The first-order chi connectivity index (χ1) is 15.2. The second-order valence-electron chi connectivity index (χ2n) is 7.81. The molecule has 1 fully saturated rings. The normalized spacial score (nSPS) is 15.3. The van der Waals surface area contributed by atoms with Gasteiger partial charge in [-0.15, -0.1) is 0 Å². The maximum Gasteiger partial charge on any atom is 0.243 e. The standard InChI is InChI=1S/C22H27N3O6S/c1-16(26)17-5-7-20(8-6-17)32(29,30)25-11-9-18(10-12-25)22(28)24(2)15-21(27)23-14-19-4-3-13-31-19/h3-8,13,18H,9-12,14-15H2,1-2H3,(H,23,27). The molecule has 10 heteroatoms. The number of rotatable bonds is 8. The largest absolute Gasteiger partial charge is 0.467 e. The number of piperidine rings is 1. The Morgan fingerprint density at radius 2 is 1.78 bits per heavy atom. The van der Waals surface area contributed by atoms with Crippen molar-refractivity contribution >= 4 is 27.6 Å². The topological polar surface area (TPSA) is 117 Å². The summed E-state index contributed by atoms with van der Waals surface area (Å²) in [6.45, 7) is 2.01. The summed E-state index contributed by atoms with van der Waals surface area (Å²) in [5.74, 6) is -0.333. The molecule has 0 unspecified atom stereocenters. The summed E-state index contributed by atoms with van der Waals surface area (Å²) in [6.07, 6.45) is 2.27. The van der Waals surface area contributed by atoms with Crippen LogP contribution in [0.1, 0.15) is 35.9 Å². The van der Waals surface area contributed by atoms with E-state index in [1.807, 2.05) is 0 Å². The van der Waals surface area contributed by atoms with Crippen LogP contribution in [0.15, 0.2) is 52.0 Å². The number of Topliss-reactive ketones (excluding diaryl/α,β-unsaturated/α-hetero) is 1. The van der Waals surface area contributed by atoms with Crippen molar-refractivity contribution in [2.24, 2.45) is 5.92 Å². The molecule has 1 aromatic heterocycles. The first-order valence-electron chi connectivity index (χ1n) is 10.3. The Morgan fingerprint density at radius 3 is 2.34 bits per heavy atom. The van der Waals surface area contributed by atoms with Crippen molar-refractivity contribution < 1.29 is 27.2 Å². The molecule has 2 aromatic rings. The third kappa shape index (κ3) is 5.63. The second kappa shape index (κ2) is 10.1. The van der Waals surface area contributed by atoms with Crippen LogP contribution < -0.4 is 5.32 Å². The van der Waals surface area contributed by atoms with Crippen molar-refractivity contribution in [2.45, 2.75) is 31.2 Å². The summed E-state index contributed by atoms with van der Waals surface area (Å²) in [7, 11) is -2.13. The number of hydrogen-bond acceptors (Lipinski definition) is 6. The number of amides is 2. The molecule has 32 heavy (non-hydrogen) atoms. The highest BCUT2D eigenvalue weighted by Crippen LogP contribution is 2.25. The van der Waals surface area contributed by atoms with E-state index >= 15 is 0 Å². The van der Waals surface area contributed by atoms with Crippen LogP contribution in [0.4, 0.5) is 0 Å². The number of likely N-dealkylation sites (N-methyl/N-ethyl adjacent to an activating group) is 1. The van der Waals surface area contributed by atoms with Crippen LogP contribution in [0.3, 0.4) is 0 Å². The van der Waals surface area contributed by atoms with Crippen LogP contribution in [0.25, 0.3) is 0 Å². The lowest BCUT2D eigenvalue weighted by molar-refractivity contribution is -0.139. The third-order valence-electron chi connectivity index (χ3n) is 5.50. The highest BCUT2D eigenvalue weighted by molar-refractivity contribution is 7.89. The van der Waals surface area contributed by atoms with Gasteiger partial charge in [0.1, 0.15) is 5.76 Å². The molecule has 2 amide bonds. The summed E-state index contributed by atoms with van der Waals surface area (Å²) < 4.78 is 32.3. The fourth-order valence-electron chi connectivity index (χ4n) is 3.61. The summed E-state index contributed by atoms with van der Waals surface area (Å²) >= 11 is 0. The Hall–Kier alpha value is -2.98. The smallest absolute Gasteiger partial charge is 0.243 e. The molecule has 1 aliphatic rings. The van der Waals surface area contributed by atoms with Crippen LogP contribution in [0.5, 0.6) is 0 Å². The molecule has 0 bridgehead atoms. The van der Waals surface area contributed by atoms with Gasteiger partial charge < -0.3 is 14.6 Å². The number of ketones is 1. The van der Waals surface area contributed by atoms with Gasteiger partial charge in [0.25, 0.3) is 0 Å². The van der Waals surface area contributed by atoms with Crippen LogP contribution in [-0.2, 0) is 26.2 Å². The predicted octanol–water partition coefficient (Wildman–Crippen LogP) is 1.66. The van der Waals surface area contributed by atoms with Gasteiger partial charge in [0.2, 0.25) is 21.8 Å². The highest BCUT2D eigenvalue weighted by Gasteiger charge is 2.33. The fourth-order valence-corrected chi connectivity index (χ4v) is 5.08. The van der Waals surface area contributed by atoms with Crippen LogP contribution >= 0.6 is 0 Å². The molecular weight excluding hydrogens is 434 g/mol. The summed E-state index contributed by atoms with van der Waals surface area (Å²) in [4.78, 5) is 37.7. The SMILES string of the molecule is CC(=O)c1ccc(S(=O)(=O)N2CCC(C(=O)N(C)CC(=O)NCc3ccco3)CC2)cc1. The van der Waals surface area contributed by atoms with Gasteiger partial charge in [-0.3, -0.25) is 14.4 Å². The molecule has 1 saturated heterocycles. The van der Waals surface area contributed by atoms with E-state index in [9.17, 15) is 22.8 Å². The Bertz CT molecular complexity index is 1060. The number of sulfonamides is 1. The Kier molecular flexibility index (Phi) is 7.47. The molecule has 0 saturated carbocycles. The molecule has 0 atom stereocenters. The first-order valence-corrected chi connectivity index (χ1v) is 11.8. The Balaban J connectivity index is 1.51.